The molecule has 19 heavy (non-hydrogen) atoms. The van der Waals surface area contributed by atoms with Gasteiger partial charge in [0.25, 0.3) is 0 Å². The van der Waals surface area contributed by atoms with Gasteiger partial charge in [-0.05, 0) is 37.6 Å². The van der Waals surface area contributed by atoms with Gasteiger partial charge < -0.3 is 10.1 Å². The number of hydrogen-bond acceptors (Lipinski definition) is 3. The lowest BCUT2D eigenvalue weighted by molar-refractivity contribution is -0.128. The quantitative estimate of drug-likeness (QED) is 0.924. The van der Waals surface area contributed by atoms with Crippen molar-refractivity contribution in [3.63, 3.8) is 0 Å². The second-order valence-corrected chi connectivity index (χ2v) is 6.31. The predicted molar refractivity (Wildman–Crippen MR) is 79.6 cm³/mol. The topological polar surface area (TPSA) is 38.3 Å². The van der Waals surface area contributed by atoms with Crippen molar-refractivity contribution in [2.24, 2.45) is 5.41 Å². The molecule has 2 rings (SSSR count). The first-order valence-electron chi connectivity index (χ1n) is 6.61. The van der Waals surface area contributed by atoms with Gasteiger partial charge in [-0.15, -0.1) is 0 Å². The lowest BCUT2D eigenvalue weighted by atomic mass is 9.77. The molecule has 1 aromatic rings. The maximum atomic E-state index is 12.6. The van der Waals surface area contributed by atoms with Gasteiger partial charge in [-0.2, -0.15) is 0 Å². The molecule has 1 N–H and O–H groups in total. The van der Waals surface area contributed by atoms with Gasteiger partial charge in [0.05, 0.1) is 7.11 Å². The van der Waals surface area contributed by atoms with Gasteiger partial charge in [-0.1, -0.05) is 22.9 Å². The van der Waals surface area contributed by atoms with Crippen molar-refractivity contribution in [1.82, 2.24) is 5.32 Å². The minimum atomic E-state index is -0.244. The van der Waals surface area contributed by atoms with Crippen LogP contribution in [0.25, 0.3) is 0 Å². The Morgan fingerprint density at radius 3 is 2.95 bits per heavy atom. The predicted octanol–water partition coefficient (Wildman–Crippen LogP) is 2.96. The van der Waals surface area contributed by atoms with E-state index in [4.69, 9.17) is 4.74 Å². The average Bonchev–Trinajstić information content (AvgIpc) is 2.40. The molecule has 1 aliphatic heterocycles. The molecule has 1 aromatic carbocycles. The van der Waals surface area contributed by atoms with Gasteiger partial charge >= 0.3 is 0 Å². The summed E-state index contributed by atoms with van der Waals surface area (Å²) >= 11 is 3.45. The summed E-state index contributed by atoms with van der Waals surface area (Å²) in [4.78, 5) is 12.6. The zero-order valence-electron chi connectivity index (χ0n) is 11.5. The van der Waals surface area contributed by atoms with E-state index in [1.54, 1.807) is 7.11 Å². The second-order valence-electron chi connectivity index (χ2n) is 5.40. The van der Waals surface area contributed by atoms with Crippen LogP contribution in [0.3, 0.4) is 0 Å². The standard InChI is InChI=1S/C15H20BrNO2/c1-15(6-3-7-17-10-15)14(18)9-11-8-12(16)4-5-13(11)19-2/h4-5,8,17H,3,6-7,9-10H2,1-2H3. The van der Waals surface area contributed by atoms with E-state index in [1.165, 1.54) is 0 Å². The third-order valence-electron chi connectivity index (χ3n) is 3.86. The van der Waals surface area contributed by atoms with Crippen LogP contribution in [0.1, 0.15) is 25.3 Å². The number of carbonyl (C=O) groups excluding carboxylic acids is 1. The molecule has 0 saturated carbocycles. The molecule has 0 aromatic heterocycles. The Balaban J connectivity index is 2.16. The highest BCUT2D eigenvalue weighted by molar-refractivity contribution is 9.10. The van der Waals surface area contributed by atoms with E-state index in [0.29, 0.717) is 6.42 Å². The number of nitrogens with one attached hydrogen (secondary N) is 1. The Kier molecular flexibility index (Phi) is 4.63. The van der Waals surface area contributed by atoms with Gasteiger partial charge in [0.2, 0.25) is 0 Å². The Labute approximate surface area is 122 Å². The van der Waals surface area contributed by atoms with Crippen LogP contribution in [0.2, 0.25) is 0 Å². The Morgan fingerprint density at radius 1 is 1.53 bits per heavy atom. The Morgan fingerprint density at radius 2 is 2.32 bits per heavy atom. The number of ketones is 1. The van der Waals surface area contributed by atoms with Crippen molar-refractivity contribution < 1.29 is 9.53 Å². The first-order valence-corrected chi connectivity index (χ1v) is 7.41. The molecule has 3 nitrogen and oxygen atoms in total. The summed E-state index contributed by atoms with van der Waals surface area (Å²) in [5.41, 5.74) is 0.708. The summed E-state index contributed by atoms with van der Waals surface area (Å²) in [6, 6.07) is 5.79. The van der Waals surface area contributed by atoms with Gasteiger partial charge in [0.15, 0.2) is 0 Å². The average molecular weight is 326 g/mol. The summed E-state index contributed by atoms with van der Waals surface area (Å²) in [5.74, 6) is 1.07. The van der Waals surface area contributed by atoms with E-state index >= 15 is 0 Å². The third-order valence-corrected chi connectivity index (χ3v) is 4.36. The monoisotopic (exact) mass is 325 g/mol. The zero-order chi connectivity index (χ0) is 13.9. The second kappa shape index (κ2) is 6.06. The maximum Gasteiger partial charge on any atom is 0.144 e. The molecule has 1 saturated heterocycles. The van der Waals surface area contributed by atoms with Crippen molar-refractivity contribution in [3.05, 3.63) is 28.2 Å². The van der Waals surface area contributed by atoms with Crippen molar-refractivity contribution in [1.29, 1.82) is 0 Å². The van der Waals surface area contributed by atoms with Crippen molar-refractivity contribution >= 4 is 21.7 Å². The molecule has 104 valence electrons. The summed E-state index contributed by atoms with van der Waals surface area (Å²) in [6.45, 7) is 3.86. The Bertz CT molecular complexity index is 467. The first kappa shape index (κ1) is 14.5. The van der Waals surface area contributed by atoms with Gasteiger partial charge in [-0.25, -0.2) is 0 Å². The lowest BCUT2D eigenvalue weighted by Crippen LogP contribution is -2.44. The molecule has 1 atom stereocenters. The SMILES string of the molecule is COc1ccc(Br)cc1CC(=O)C1(C)CCCNC1. The number of halogens is 1. The molecule has 0 spiro atoms. The van der Waals surface area contributed by atoms with Crippen LogP contribution in [0.4, 0.5) is 0 Å². The molecule has 0 amide bonds. The van der Waals surface area contributed by atoms with Crippen LogP contribution in [0, 0.1) is 5.41 Å². The molecule has 1 heterocycles. The number of Topliss-reactive ketones (excluding diaryl/α,β-unsaturated/α-hetero) is 1. The highest BCUT2D eigenvalue weighted by Gasteiger charge is 2.34. The fourth-order valence-electron chi connectivity index (χ4n) is 2.57. The molecule has 1 fully saturated rings. The van der Waals surface area contributed by atoms with E-state index in [-0.39, 0.29) is 11.2 Å². The third kappa shape index (κ3) is 3.37. The minimum absolute atomic E-state index is 0.244. The van der Waals surface area contributed by atoms with Crippen LogP contribution in [0.15, 0.2) is 22.7 Å². The van der Waals surface area contributed by atoms with Gasteiger partial charge in [0.1, 0.15) is 11.5 Å². The van der Waals surface area contributed by atoms with E-state index in [2.05, 4.69) is 28.2 Å². The number of piperidine rings is 1. The number of benzene rings is 1. The number of ether oxygens (including phenoxy) is 1. The number of carbonyl (C=O) groups is 1. The summed E-state index contributed by atoms with van der Waals surface area (Å²) in [7, 11) is 1.64. The molecule has 1 aliphatic rings. The highest BCUT2D eigenvalue weighted by Crippen LogP contribution is 2.31. The fourth-order valence-corrected chi connectivity index (χ4v) is 2.97. The zero-order valence-corrected chi connectivity index (χ0v) is 13.0. The van der Waals surface area contributed by atoms with E-state index in [0.717, 1.165) is 41.7 Å². The lowest BCUT2D eigenvalue weighted by Gasteiger charge is -2.32. The van der Waals surface area contributed by atoms with Crippen molar-refractivity contribution in [2.45, 2.75) is 26.2 Å². The van der Waals surface area contributed by atoms with Gasteiger partial charge in [0, 0.05) is 28.4 Å². The van der Waals surface area contributed by atoms with Crippen LogP contribution in [-0.4, -0.2) is 26.0 Å². The fraction of sp³-hybridized carbons (Fsp3) is 0.533. The van der Waals surface area contributed by atoms with Crippen molar-refractivity contribution in [3.8, 4) is 5.75 Å². The Hall–Kier alpha value is -0.870. The largest absolute Gasteiger partial charge is 0.496 e. The number of hydrogen-bond donors (Lipinski definition) is 1. The smallest absolute Gasteiger partial charge is 0.144 e. The van der Waals surface area contributed by atoms with E-state index < -0.39 is 0 Å². The summed E-state index contributed by atoms with van der Waals surface area (Å²) in [5, 5.41) is 3.32. The van der Waals surface area contributed by atoms with Crippen LogP contribution in [-0.2, 0) is 11.2 Å². The molecule has 4 heteroatoms. The molecule has 0 aliphatic carbocycles. The van der Waals surface area contributed by atoms with E-state index in [9.17, 15) is 4.79 Å². The first-order chi connectivity index (χ1) is 9.05. The number of methoxy groups -OCH3 is 1. The molecule has 1 unspecified atom stereocenters. The summed E-state index contributed by atoms with van der Waals surface area (Å²) < 4.78 is 6.31. The molecule has 0 bridgehead atoms. The minimum Gasteiger partial charge on any atom is -0.496 e. The van der Waals surface area contributed by atoms with Crippen molar-refractivity contribution in [2.75, 3.05) is 20.2 Å². The summed E-state index contributed by atoms with van der Waals surface area (Å²) in [6.07, 6.45) is 2.47. The maximum absolute atomic E-state index is 12.6. The normalized spacial score (nSPS) is 23.1. The van der Waals surface area contributed by atoms with Crippen LogP contribution >= 0.6 is 15.9 Å². The van der Waals surface area contributed by atoms with Crippen LogP contribution in [0.5, 0.6) is 5.75 Å². The molecular formula is C15H20BrNO2. The molecule has 0 radical (unpaired) electrons. The van der Waals surface area contributed by atoms with Gasteiger partial charge in [-0.3, -0.25) is 4.79 Å². The molecular weight excluding hydrogens is 306 g/mol. The number of rotatable bonds is 4. The highest BCUT2D eigenvalue weighted by atomic mass is 79.9. The van der Waals surface area contributed by atoms with Crippen LogP contribution < -0.4 is 10.1 Å². The van der Waals surface area contributed by atoms with E-state index in [1.807, 2.05) is 18.2 Å².